The second-order valence-corrected chi connectivity index (χ2v) is 7.93. The topological polar surface area (TPSA) is 69.2 Å². The van der Waals surface area contributed by atoms with Gasteiger partial charge in [0.15, 0.2) is 5.96 Å². The van der Waals surface area contributed by atoms with E-state index in [1.54, 1.807) is 11.9 Å². The van der Waals surface area contributed by atoms with Crippen molar-refractivity contribution in [2.24, 2.45) is 4.99 Å². The molecule has 1 amide bonds. The van der Waals surface area contributed by atoms with Crippen LogP contribution in [0.25, 0.3) is 0 Å². The van der Waals surface area contributed by atoms with E-state index < -0.39 is 5.60 Å². The first kappa shape index (κ1) is 22.3. The van der Waals surface area contributed by atoms with Gasteiger partial charge in [-0.15, -0.1) is 24.0 Å². The Balaban J connectivity index is 0.00000312. The van der Waals surface area contributed by atoms with Crippen molar-refractivity contribution >= 4 is 36.0 Å². The molecule has 2 fully saturated rings. The Hall–Kier alpha value is -0.770. The molecule has 0 radical (unpaired) electrons. The Kier molecular flexibility index (Phi) is 8.24. The molecule has 2 rings (SSSR count). The quantitative estimate of drug-likeness (QED) is 0.367. The van der Waals surface area contributed by atoms with Gasteiger partial charge in [0.05, 0.1) is 6.04 Å². The van der Waals surface area contributed by atoms with Crippen molar-refractivity contribution < 1.29 is 9.53 Å². The fraction of sp³-hybridized carbons (Fsp3) is 0.882. The molecule has 146 valence electrons. The molecule has 0 spiro atoms. The molecule has 2 N–H and O–H groups in total. The largest absolute Gasteiger partial charge is 0.444 e. The van der Waals surface area contributed by atoms with Crippen LogP contribution in [-0.2, 0) is 4.74 Å². The predicted octanol–water partition coefficient (Wildman–Crippen LogP) is 1.87. The van der Waals surface area contributed by atoms with Gasteiger partial charge in [-0.25, -0.2) is 4.79 Å². The Morgan fingerprint density at radius 2 is 1.96 bits per heavy atom. The van der Waals surface area contributed by atoms with Gasteiger partial charge in [-0.1, -0.05) is 0 Å². The molecular formula is C17H34IN5O2. The summed E-state index contributed by atoms with van der Waals surface area (Å²) in [5.74, 6) is 0.792. The summed E-state index contributed by atoms with van der Waals surface area (Å²) in [6.45, 7) is 10.0. The van der Waals surface area contributed by atoms with E-state index in [0.29, 0.717) is 19.1 Å². The van der Waals surface area contributed by atoms with Gasteiger partial charge in [0, 0.05) is 38.8 Å². The van der Waals surface area contributed by atoms with Gasteiger partial charge in [-0.2, -0.15) is 0 Å². The maximum atomic E-state index is 11.9. The molecule has 0 aromatic rings. The number of amides is 1. The summed E-state index contributed by atoms with van der Waals surface area (Å²) in [5, 5.41) is 6.74. The summed E-state index contributed by atoms with van der Waals surface area (Å²) in [5.41, 5.74) is -0.448. The lowest BCUT2D eigenvalue weighted by molar-refractivity contribution is 0.00700. The molecule has 1 aliphatic carbocycles. The zero-order valence-corrected chi connectivity index (χ0v) is 18.7. The number of aliphatic imine (C=N–C) groups is 1. The van der Waals surface area contributed by atoms with Crippen LogP contribution in [-0.4, -0.2) is 79.3 Å². The molecule has 1 heterocycles. The third kappa shape index (κ3) is 7.16. The first-order valence-electron chi connectivity index (χ1n) is 8.86. The molecule has 2 aliphatic rings. The number of nitrogens with one attached hydrogen (secondary N) is 2. The molecule has 1 aliphatic heterocycles. The normalized spacial score (nSPS) is 19.8. The zero-order chi connectivity index (χ0) is 17.9. The number of hydrogen-bond donors (Lipinski definition) is 2. The summed E-state index contributed by atoms with van der Waals surface area (Å²) in [7, 11) is 3.96. The first-order chi connectivity index (χ1) is 11.2. The van der Waals surface area contributed by atoms with Crippen LogP contribution >= 0.6 is 24.0 Å². The molecule has 1 saturated carbocycles. The number of ether oxygens (including phenoxy) is 1. The number of carbonyl (C=O) groups is 1. The Labute approximate surface area is 169 Å². The van der Waals surface area contributed by atoms with Crippen LogP contribution in [0.15, 0.2) is 4.99 Å². The van der Waals surface area contributed by atoms with Crippen molar-refractivity contribution in [3.05, 3.63) is 0 Å². The summed E-state index contributed by atoms with van der Waals surface area (Å²) in [4.78, 5) is 20.3. The van der Waals surface area contributed by atoms with Gasteiger partial charge in [0.25, 0.3) is 0 Å². The number of rotatable bonds is 5. The molecule has 1 saturated heterocycles. The molecule has 1 atom stereocenters. The van der Waals surface area contributed by atoms with Gasteiger partial charge in [-0.3, -0.25) is 9.89 Å². The van der Waals surface area contributed by atoms with Crippen molar-refractivity contribution in [1.29, 1.82) is 0 Å². The van der Waals surface area contributed by atoms with E-state index >= 15 is 0 Å². The SMILES string of the molecule is CN=C(NCC(C)N(C)C1CC1)NC1CN(C(=O)OC(C)(C)C)C1.I. The highest BCUT2D eigenvalue weighted by Crippen LogP contribution is 2.26. The van der Waals surface area contributed by atoms with Gasteiger partial charge >= 0.3 is 6.09 Å². The van der Waals surface area contributed by atoms with Crippen LogP contribution in [0.4, 0.5) is 4.79 Å². The lowest BCUT2D eigenvalue weighted by Crippen LogP contribution is -2.63. The number of halogens is 1. The molecule has 0 aromatic heterocycles. The van der Waals surface area contributed by atoms with Crippen LogP contribution in [0.3, 0.4) is 0 Å². The van der Waals surface area contributed by atoms with Crippen LogP contribution in [0.2, 0.25) is 0 Å². The van der Waals surface area contributed by atoms with Crippen LogP contribution in [0.5, 0.6) is 0 Å². The van der Waals surface area contributed by atoms with E-state index in [2.05, 4.69) is 34.5 Å². The van der Waals surface area contributed by atoms with E-state index in [1.165, 1.54) is 12.8 Å². The van der Waals surface area contributed by atoms with Crippen molar-refractivity contribution in [2.45, 2.75) is 64.3 Å². The molecule has 25 heavy (non-hydrogen) atoms. The van der Waals surface area contributed by atoms with Crippen LogP contribution in [0, 0.1) is 0 Å². The standard InChI is InChI=1S/C17H33N5O2.HI/c1-12(21(6)14-7-8-14)9-19-15(18-5)20-13-10-22(11-13)16(23)24-17(2,3)4;/h12-14H,7-11H2,1-6H3,(H2,18,19,20);1H. The maximum absolute atomic E-state index is 11.9. The van der Waals surface area contributed by atoms with E-state index in [4.69, 9.17) is 4.74 Å². The summed E-state index contributed by atoms with van der Waals surface area (Å²) < 4.78 is 5.36. The van der Waals surface area contributed by atoms with Gasteiger partial charge in [-0.05, 0) is 47.6 Å². The van der Waals surface area contributed by atoms with E-state index in [1.807, 2.05) is 20.8 Å². The monoisotopic (exact) mass is 467 g/mol. The van der Waals surface area contributed by atoms with Crippen LogP contribution < -0.4 is 10.6 Å². The van der Waals surface area contributed by atoms with Crippen molar-refractivity contribution in [3.63, 3.8) is 0 Å². The third-order valence-electron chi connectivity index (χ3n) is 4.48. The molecule has 0 bridgehead atoms. The zero-order valence-electron chi connectivity index (χ0n) is 16.3. The van der Waals surface area contributed by atoms with Gasteiger partial charge in [0.1, 0.15) is 5.60 Å². The smallest absolute Gasteiger partial charge is 0.410 e. The minimum Gasteiger partial charge on any atom is -0.444 e. The fourth-order valence-corrected chi connectivity index (χ4v) is 2.66. The predicted molar refractivity (Wildman–Crippen MR) is 112 cm³/mol. The van der Waals surface area contributed by atoms with E-state index in [9.17, 15) is 4.79 Å². The average molecular weight is 467 g/mol. The molecule has 1 unspecified atom stereocenters. The second kappa shape index (κ2) is 9.25. The number of hydrogen-bond acceptors (Lipinski definition) is 4. The average Bonchev–Trinajstić information content (AvgIpc) is 3.26. The highest BCUT2D eigenvalue weighted by Gasteiger charge is 2.34. The highest BCUT2D eigenvalue weighted by atomic mass is 127. The van der Waals surface area contributed by atoms with E-state index in [0.717, 1.165) is 18.5 Å². The lowest BCUT2D eigenvalue weighted by Gasteiger charge is -2.40. The van der Waals surface area contributed by atoms with E-state index in [-0.39, 0.29) is 36.1 Å². The number of likely N-dealkylation sites (N-methyl/N-ethyl adjacent to an activating group) is 1. The molecule has 7 nitrogen and oxygen atoms in total. The minimum absolute atomic E-state index is 0. The minimum atomic E-state index is -0.448. The van der Waals surface area contributed by atoms with Crippen molar-refractivity contribution in [1.82, 2.24) is 20.4 Å². The lowest BCUT2D eigenvalue weighted by atomic mass is 10.1. The number of likely N-dealkylation sites (tertiary alicyclic amines) is 1. The van der Waals surface area contributed by atoms with Crippen molar-refractivity contribution in [2.75, 3.05) is 33.7 Å². The molecule has 0 aromatic carbocycles. The summed E-state index contributed by atoms with van der Waals surface area (Å²) in [6, 6.07) is 1.45. The number of guanidine groups is 1. The van der Waals surface area contributed by atoms with Gasteiger partial charge in [0.2, 0.25) is 0 Å². The third-order valence-corrected chi connectivity index (χ3v) is 4.48. The maximum Gasteiger partial charge on any atom is 0.410 e. The summed E-state index contributed by atoms with van der Waals surface area (Å²) in [6.07, 6.45) is 2.38. The Bertz CT molecular complexity index is 470. The number of carbonyl (C=O) groups excluding carboxylic acids is 1. The fourth-order valence-electron chi connectivity index (χ4n) is 2.66. The van der Waals surface area contributed by atoms with Gasteiger partial charge < -0.3 is 20.3 Å². The Morgan fingerprint density at radius 1 is 1.36 bits per heavy atom. The molecular weight excluding hydrogens is 433 g/mol. The van der Waals surface area contributed by atoms with Crippen molar-refractivity contribution in [3.8, 4) is 0 Å². The Morgan fingerprint density at radius 3 is 2.44 bits per heavy atom. The second-order valence-electron chi connectivity index (χ2n) is 7.93. The summed E-state index contributed by atoms with van der Waals surface area (Å²) >= 11 is 0. The highest BCUT2D eigenvalue weighted by molar-refractivity contribution is 14.0. The first-order valence-corrected chi connectivity index (χ1v) is 8.86. The molecule has 8 heteroatoms. The van der Waals surface area contributed by atoms with Crippen LogP contribution in [0.1, 0.15) is 40.5 Å². The number of nitrogens with zero attached hydrogens (tertiary/aromatic N) is 3.